The molecule has 0 spiro atoms. The average molecular weight is 516 g/mol. The molecule has 0 saturated carbocycles. The van der Waals surface area contributed by atoms with Crippen LogP contribution in [0.2, 0.25) is 0 Å². The van der Waals surface area contributed by atoms with Crippen molar-refractivity contribution in [2.45, 2.75) is 12.1 Å². The van der Waals surface area contributed by atoms with Gasteiger partial charge in [0.25, 0.3) is 0 Å². The Morgan fingerprint density at radius 3 is 2.42 bits per heavy atom. The number of allylic oxidation sites excluding steroid dienone is 1. The normalized spacial score (nSPS) is 12.6. The zero-order chi connectivity index (χ0) is 27.0. The maximum atomic E-state index is 14.5. The van der Waals surface area contributed by atoms with E-state index in [2.05, 4.69) is 16.0 Å². The zero-order valence-corrected chi connectivity index (χ0v) is 20.1. The first-order valence-electron chi connectivity index (χ1n) is 11.5. The van der Waals surface area contributed by atoms with Crippen LogP contribution in [0.3, 0.4) is 0 Å². The highest BCUT2D eigenvalue weighted by atomic mass is 19.1. The molecule has 0 aliphatic rings. The lowest BCUT2D eigenvalue weighted by Crippen LogP contribution is -2.39. The summed E-state index contributed by atoms with van der Waals surface area (Å²) in [5.74, 6) is 1.46. The number of nitrogens with zero attached hydrogens (tertiary/aromatic N) is 3. The van der Waals surface area contributed by atoms with Gasteiger partial charge < -0.3 is 14.6 Å². The van der Waals surface area contributed by atoms with E-state index in [1.807, 2.05) is 0 Å². The maximum absolute atomic E-state index is 14.5. The van der Waals surface area contributed by atoms with Crippen molar-refractivity contribution < 1.29 is 28.2 Å². The molecule has 1 aromatic heterocycles. The Hall–Kier alpha value is -4.81. The SMILES string of the molecule is C#CCOc1ccc(/C=C/C(=O)c2ccc(OCC(O)(Cn3cncn3)c3ccc(F)cc3F)cc2)cc1. The van der Waals surface area contributed by atoms with Gasteiger partial charge in [0.15, 0.2) is 5.78 Å². The summed E-state index contributed by atoms with van der Waals surface area (Å²) in [7, 11) is 0. The topological polar surface area (TPSA) is 86.5 Å². The first kappa shape index (κ1) is 26.3. The van der Waals surface area contributed by atoms with Gasteiger partial charge in [-0.2, -0.15) is 5.10 Å². The molecule has 1 unspecified atom stereocenters. The minimum atomic E-state index is -1.88. The molecule has 0 aliphatic heterocycles. The van der Waals surface area contributed by atoms with Gasteiger partial charge in [-0.3, -0.25) is 4.79 Å². The Kier molecular flexibility index (Phi) is 8.26. The van der Waals surface area contributed by atoms with E-state index in [4.69, 9.17) is 15.9 Å². The van der Waals surface area contributed by atoms with E-state index >= 15 is 0 Å². The molecule has 4 aromatic rings. The standard InChI is InChI=1S/C29H23F2N3O4/c1-2-15-37-24-9-3-21(4-10-24)5-14-28(35)22-6-11-25(12-7-22)38-18-29(36,17-34-20-32-19-33-34)26-13-8-23(30)16-27(26)31/h1,3-14,16,19-20,36H,15,17-18H2/b14-5+. The first-order valence-corrected chi connectivity index (χ1v) is 11.5. The molecule has 0 fully saturated rings. The van der Waals surface area contributed by atoms with E-state index in [1.165, 1.54) is 23.4 Å². The fourth-order valence-corrected chi connectivity index (χ4v) is 3.64. The first-order chi connectivity index (χ1) is 18.4. The van der Waals surface area contributed by atoms with Crippen LogP contribution >= 0.6 is 0 Å². The van der Waals surface area contributed by atoms with E-state index in [-0.39, 0.29) is 31.1 Å². The third-order valence-corrected chi connectivity index (χ3v) is 5.57. The fraction of sp³-hybridized carbons (Fsp3) is 0.138. The summed E-state index contributed by atoms with van der Waals surface area (Å²) in [6, 6.07) is 16.3. The smallest absolute Gasteiger partial charge is 0.185 e. The van der Waals surface area contributed by atoms with Gasteiger partial charge in [-0.05, 0) is 54.1 Å². The molecule has 0 radical (unpaired) electrons. The number of ketones is 1. The van der Waals surface area contributed by atoms with Crippen LogP contribution in [0.1, 0.15) is 21.5 Å². The number of rotatable bonds is 11. The van der Waals surface area contributed by atoms with Crippen molar-refractivity contribution in [1.82, 2.24) is 14.8 Å². The number of ether oxygens (including phenoxy) is 2. The van der Waals surface area contributed by atoms with Crippen LogP contribution in [0.25, 0.3) is 6.08 Å². The molecular formula is C29H23F2N3O4. The maximum Gasteiger partial charge on any atom is 0.185 e. The Morgan fingerprint density at radius 1 is 1.05 bits per heavy atom. The van der Waals surface area contributed by atoms with Crippen LogP contribution in [0.4, 0.5) is 8.78 Å². The number of carbonyl (C=O) groups is 1. The van der Waals surface area contributed by atoms with Crippen molar-refractivity contribution in [3.63, 3.8) is 0 Å². The average Bonchev–Trinajstić information content (AvgIpc) is 3.43. The predicted molar refractivity (Wildman–Crippen MR) is 136 cm³/mol. The highest BCUT2D eigenvalue weighted by molar-refractivity contribution is 6.06. The van der Waals surface area contributed by atoms with Gasteiger partial charge >= 0.3 is 0 Å². The van der Waals surface area contributed by atoms with Crippen molar-refractivity contribution in [3.05, 3.63) is 114 Å². The lowest BCUT2D eigenvalue weighted by molar-refractivity contribution is -0.0297. The highest BCUT2D eigenvalue weighted by Crippen LogP contribution is 2.28. The quantitative estimate of drug-likeness (QED) is 0.181. The molecule has 38 heavy (non-hydrogen) atoms. The molecule has 192 valence electrons. The summed E-state index contributed by atoms with van der Waals surface area (Å²) in [6.45, 7) is -0.380. The van der Waals surface area contributed by atoms with Crippen molar-refractivity contribution in [2.24, 2.45) is 0 Å². The second kappa shape index (κ2) is 12.0. The van der Waals surface area contributed by atoms with Gasteiger partial charge in [-0.15, -0.1) is 6.42 Å². The largest absolute Gasteiger partial charge is 0.490 e. The summed E-state index contributed by atoms with van der Waals surface area (Å²) < 4.78 is 40.4. The van der Waals surface area contributed by atoms with E-state index < -0.39 is 17.2 Å². The summed E-state index contributed by atoms with van der Waals surface area (Å²) in [5.41, 5.74) is -0.803. The third kappa shape index (κ3) is 6.69. The number of benzene rings is 3. The number of halogens is 2. The number of carbonyl (C=O) groups excluding carboxylic acids is 1. The van der Waals surface area contributed by atoms with Crippen LogP contribution < -0.4 is 9.47 Å². The Balaban J connectivity index is 1.42. The molecule has 0 aliphatic carbocycles. The third-order valence-electron chi connectivity index (χ3n) is 5.57. The van der Waals surface area contributed by atoms with Crippen LogP contribution in [0.15, 0.2) is 85.5 Å². The lowest BCUT2D eigenvalue weighted by Gasteiger charge is -2.29. The molecular weight excluding hydrogens is 492 g/mol. The predicted octanol–water partition coefficient (Wildman–Crippen LogP) is 4.43. The fourth-order valence-electron chi connectivity index (χ4n) is 3.64. The van der Waals surface area contributed by atoms with Gasteiger partial charge in [-0.25, -0.2) is 18.4 Å². The van der Waals surface area contributed by atoms with Crippen LogP contribution in [-0.4, -0.2) is 38.9 Å². The summed E-state index contributed by atoms with van der Waals surface area (Å²) in [4.78, 5) is 16.4. The molecule has 1 N–H and O–H groups in total. The van der Waals surface area contributed by atoms with Crippen molar-refractivity contribution >= 4 is 11.9 Å². The molecule has 9 heteroatoms. The monoisotopic (exact) mass is 515 g/mol. The van der Waals surface area contributed by atoms with E-state index in [9.17, 15) is 18.7 Å². The second-order valence-electron chi connectivity index (χ2n) is 8.32. The molecule has 7 nitrogen and oxygen atoms in total. The molecule has 0 bridgehead atoms. The molecule has 1 heterocycles. The minimum absolute atomic E-state index is 0.151. The van der Waals surface area contributed by atoms with Crippen LogP contribution in [-0.2, 0) is 12.1 Å². The van der Waals surface area contributed by atoms with Gasteiger partial charge in [0.2, 0.25) is 0 Å². The molecule has 4 rings (SSSR count). The number of terminal acetylenes is 1. The summed E-state index contributed by atoms with van der Waals surface area (Å²) in [5, 5.41) is 15.3. The zero-order valence-electron chi connectivity index (χ0n) is 20.1. The molecule has 0 amide bonds. The molecule has 1 atom stereocenters. The van der Waals surface area contributed by atoms with E-state index in [1.54, 1.807) is 54.6 Å². The number of aliphatic hydroxyl groups is 1. The number of hydrogen-bond acceptors (Lipinski definition) is 6. The van der Waals surface area contributed by atoms with Gasteiger partial charge in [0, 0.05) is 17.2 Å². The Morgan fingerprint density at radius 2 is 1.76 bits per heavy atom. The Labute approximate surface area is 218 Å². The Bertz CT molecular complexity index is 1450. The lowest BCUT2D eigenvalue weighted by atomic mass is 9.94. The van der Waals surface area contributed by atoms with Gasteiger partial charge in [0.05, 0.1) is 6.54 Å². The van der Waals surface area contributed by atoms with Crippen molar-refractivity contribution in [3.8, 4) is 23.8 Å². The number of aromatic nitrogens is 3. The highest BCUT2D eigenvalue weighted by Gasteiger charge is 2.34. The van der Waals surface area contributed by atoms with Crippen molar-refractivity contribution in [1.29, 1.82) is 0 Å². The summed E-state index contributed by atoms with van der Waals surface area (Å²) >= 11 is 0. The summed E-state index contributed by atoms with van der Waals surface area (Å²) in [6.07, 6.45) is 10.9. The van der Waals surface area contributed by atoms with E-state index in [0.717, 1.165) is 17.7 Å². The van der Waals surface area contributed by atoms with E-state index in [0.29, 0.717) is 23.1 Å². The van der Waals surface area contributed by atoms with Crippen LogP contribution in [0, 0.1) is 24.0 Å². The molecule has 0 saturated heterocycles. The number of hydrogen-bond donors (Lipinski definition) is 1. The van der Waals surface area contributed by atoms with Gasteiger partial charge in [-0.1, -0.05) is 30.2 Å². The minimum Gasteiger partial charge on any atom is -0.490 e. The second-order valence-corrected chi connectivity index (χ2v) is 8.32. The van der Waals surface area contributed by atoms with Crippen molar-refractivity contribution in [2.75, 3.05) is 13.2 Å². The van der Waals surface area contributed by atoms with Crippen LogP contribution in [0.5, 0.6) is 11.5 Å². The molecule has 3 aromatic carbocycles. The van der Waals surface area contributed by atoms with Gasteiger partial charge in [0.1, 0.15) is 54.6 Å².